The zero-order chi connectivity index (χ0) is 18.8. The molecule has 1 fully saturated rings. The summed E-state index contributed by atoms with van der Waals surface area (Å²) in [5.74, 6) is 0.354. The van der Waals surface area contributed by atoms with Crippen molar-refractivity contribution in [3.05, 3.63) is 57.7 Å². The average molecular weight is 410 g/mol. The highest BCUT2D eigenvalue weighted by atomic mass is 35.5. The Balaban J connectivity index is 1.96. The van der Waals surface area contributed by atoms with Gasteiger partial charge < -0.3 is 9.47 Å². The number of hydrogen-bond acceptors (Lipinski definition) is 5. The Morgan fingerprint density at radius 3 is 2.62 bits per heavy atom. The molecule has 8 heteroatoms. The van der Waals surface area contributed by atoms with E-state index in [2.05, 4.69) is 0 Å². The normalized spacial score (nSPS) is 15.7. The predicted molar refractivity (Wildman–Crippen MR) is 107 cm³/mol. The molecular formula is C18H13ClFNO3S2. The quantitative estimate of drug-likeness (QED) is 0.530. The van der Waals surface area contributed by atoms with Crippen LogP contribution in [-0.2, 0) is 4.79 Å². The van der Waals surface area contributed by atoms with Gasteiger partial charge in [-0.05, 0) is 36.4 Å². The second-order valence-electron chi connectivity index (χ2n) is 5.22. The van der Waals surface area contributed by atoms with Crippen LogP contribution in [0.3, 0.4) is 0 Å². The van der Waals surface area contributed by atoms with Crippen LogP contribution in [0, 0.1) is 5.82 Å². The molecule has 1 aliphatic rings. The third-order valence-electron chi connectivity index (χ3n) is 3.68. The molecule has 2 aromatic carbocycles. The number of ether oxygens (including phenoxy) is 2. The van der Waals surface area contributed by atoms with Gasteiger partial charge in [-0.25, -0.2) is 4.39 Å². The van der Waals surface area contributed by atoms with E-state index in [1.54, 1.807) is 31.4 Å². The lowest BCUT2D eigenvalue weighted by molar-refractivity contribution is -0.113. The van der Waals surface area contributed by atoms with Crippen LogP contribution < -0.4 is 14.4 Å². The zero-order valence-electron chi connectivity index (χ0n) is 13.8. The van der Waals surface area contributed by atoms with Gasteiger partial charge in [-0.15, -0.1) is 0 Å². The minimum absolute atomic E-state index is 0.0719. The topological polar surface area (TPSA) is 38.8 Å². The van der Waals surface area contributed by atoms with Crippen molar-refractivity contribution in [2.45, 2.75) is 0 Å². The molecule has 2 aromatic rings. The summed E-state index contributed by atoms with van der Waals surface area (Å²) in [4.78, 5) is 14.5. The van der Waals surface area contributed by atoms with Gasteiger partial charge in [-0.3, -0.25) is 9.69 Å². The highest BCUT2D eigenvalue weighted by Crippen LogP contribution is 2.38. The summed E-state index contributed by atoms with van der Waals surface area (Å²) < 4.78 is 24.2. The van der Waals surface area contributed by atoms with E-state index in [1.807, 2.05) is 0 Å². The number of benzene rings is 2. The van der Waals surface area contributed by atoms with Crippen LogP contribution in [-0.4, -0.2) is 24.4 Å². The molecule has 26 heavy (non-hydrogen) atoms. The van der Waals surface area contributed by atoms with E-state index in [1.165, 1.54) is 30.2 Å². The Hall–Kier alpha value is -2.09. The number of carbonyl (C=O) groups is 1. The fourth-order valence-corrected chi connectivity index (χ4v) is 3.86. The molecule has 0 atom stereocenters. The first kappa shape index (κ1) is 18.7. The summed E-state index contributed by atoms with van der Waals surface area (Å²) in [6, 6.07) is 9.33. The Bertz CT molecular complexity index is 933. The highest BCUT2D eigenvalue weighted by Gasteiger charge is 2.33. The molecule has 0 aliphatic carbocycles. The van der Waals surface area contributed by atoms with Crippen LogP contribution >= 0.6 is 35.6 Å². The Morgan fingerprint density at radius 1 is 1.19 bits per heavy atom. The first-order chi connectivity index (χ1) is 12.4. The molecule has 0 unspecified atom stereocenters. The Kier molecular flexibility index (Phi) is 5.50. The lowest BCUT2D eigenvalue weighted by Crippen LogP contribution is -2.27. The van der Waals surface area contributed by atoms with Crippen molar-refractivity contribution >= 4 is 57.6 Å². The number of amides is 1. The van der Waals surface area contributed by atoms with Crippen LogP contribution in [0.4, 0.5) is 10.1 Å². The second kappa shape index (κ2) is 7.65. The maximum atomic E-state index is 13.4. The lowest BCUT2D eigenvalue weighted by Gasteiger charge is -2.14. The largest absolute Gasteiger partial charge is 0.497 e. The van der Waals surface area contributed by atoms with Crippen LogP contribution in [0.2, 0.25) is 5.02 Å². The summed E-state index contributed by atoms with van der Waals surface area (Å²) in [5.41, 5.74) is 1.13. The molecule has 134 valence electrons. The van der Waals surface area contributed by atoms with E-state index < -0.39 is 5.82 Å². The molecule has 0 N–H and O–H groups in total. The third kappa shape index (κ3) is 3.56. The van der Waals surface area contributed by atoms with E-state index in [-0.39, 0.29) is 10.9 Å². The molecule has 1 saturated heterocycles. The summed E-state index contributed by atoms with van der Waals surface area (Å²) in [7, 11) is 3.10. The monoisotopic (exact) mass is 409 g/mol. The van der Waals surface area contributed by atoms with Gasteiger partial charge in [0.25, 0.3) is 5.91 Å². The average Bonchev–Trinajstić information content (AvgIpc) is 2.91. The van der Waals surface area contributed by atoms with Crippen molar-refractivity contribution in [2.24, 2.45) is 0 Å². The molecule has 4 nitrogen and oxygen atoms in total. The van der Waals surface area contributed by atoms with Gasteiger partial charge in [-0.2, -0.15) is 0 Å². The molecule has 1 amide bonds. The molecule has 0 spiro atoms. The standard InChI is InChI=1S/C18H13ClFNO3S2/c1-23-12-5-3-10(15(9-12)24-2)7-16-17(22)21(18(25)26-16)11-4-6-14(20)13(19)8-11/h3-9H,1-2H3/b16-7+. The number of anilines is 1. The first-order valence-corrected chi connectivity index (χ1v) is 9.00. The number of thiocarbonyl (C=S) groups is 1. The molecule has 1 aliphatic heterocycles. The van der Waals surface area contributed by atoms with Crippen LogP contribution in [0.1, 0.15) is 5.56 Å². The van der Waals surface area contributed by atoms with Crippen molar-refractivity contribution in [3.8, 4) is 11.5 Å². The van der Waals surface area contributed by atoms with Gasteiger partial charge in [0, 0.05) is 11.6 Å². The summed E-state index contributed by atoms with van der Waals surface area (Å²) >= 11 is 12.3. The van der Waals surface area contributed by atoms with Gasteiger partial charge in [-0.1, -0.05) is 35.6 Å². The van der Waals surface area contributed by atoms with E-state index in [4.69, 9.17) is 33.3 Å². The molecule has 0 bridgehead atoms. The first-order valence-electron chi connectivity index (χ1n) is 7.39. The highest BCUT2D eigenvalue weighted by molar-refractivity contribution is 8.27. The van der Waals surface area contributed by atoms with Crippen LogP contribution in [0.15, 0.2) is 41.3 Å². The maximum Gasteiger partial charge on any atom is 0.270 e. The molecular weight excluding hydrogens is 397 g/mol. The number of thioether (sulfide) groups is 1. The fourth-order valence-electron chi connectivity index (χ4n) is 2.39. The minimum Gasteiger partial charge on any atom is -0.497 e. The molecule has 0 aromatic heterocycles. The van der Waals surface area contributed by atoms with Crippen molar-refractivity contribution in [2.75, 3.05) is 19.1 Å². The molecule has 3 rings (SSSR count). The zero-order valence-corrected chi connectivity index (χ0v) is 16.2. The van der Waals surface area contributed by atoms with Gasteiger partial charge >= 0.3 is 0 Å². The van der Waals surface area contributed by atoms with Crippen molar-refractivity contribution < 1.29 is 18.7 Å². The Morgan fingerprint density at radius 2 is 1.96 bits per heavy atom. The minimum atomic E-state index is -0.556. The van der Waals surface area contributed by atoms with Crippen molar-refractivity contribution in [1.82, 2.24) is 0 Å². The number of nitrogens with zero attached hydrogens (tertiary/aromatic N) is 1. The van der Waals surface area contributed by atoms with Crippen LogP contribution in [0.5, 0.6) is 11.5 Å². The van der Waals surface area contributed by atoms with Gasteiger partial charge in [0.05, 0.1) is 29.8 Å². The van der Waals surface area contributed by atoms with E-state index in [9.17, 15) is 9.18 Å². The maximum absolute atomic E-state index is 13.4. The Labute approximate surface area is 164 Å². The molecule has 0 radical (unpaired) electrons. The number of carbonyl (C=O) groups excluding carboxylic acids is 1. The SMILES string of the molecule is COc1ccc(/C=C2/SC(=S)N(c3ccc(F)c(Cl)c3)C2=O)c(OC)c1. The summed E-state index contributed by atoms with van der Waals surface area (Å²) in [5, 5.41) is -0.0719. The van der Waals surface area contributed by atoms with E-state index >= 15 is 0 Å². The molecule has 0 saturated carbocycles. The molecule has 1 heterocycles. The lowest BCUT2D eigenvalue weighted by atomic mass is 10.1. The van der Waals surface area contributed by atoms with Gasteiger partial charge in [0.1, 0.15) is 17.3 Å². The number of halogens is 2. The summed E-state index contributed by atoms with van der Waals surface area (Å²) in [6.07, 6.45) is 1.70. The summed E-state index contributed by atoms with van der Waals surface area (Å²) in [6.45, 7) is 0. The third-order valence-corrected chi connectivity index (χ3v) is 5.27. The van der Waals surface area contributed by atoms with Crippen molar-refractivity contribution in [1.29, 1.82) is 0 Å². The second-order valence-corrected chi connectivity index (χ2v) is 7.31. The van der Waals surface area contributed by atoms with Crippen molar-refractivity contribution in [3.63, 3.8) is 0 Å². The van der Waals surface area contributed by atoms with Crippen LogP contribution in [0.25, 0.3) is 6.08 Å². The number of methoxy groups -OCH3 is 2. The van der Waals surface area contributed by atoms with Gasteiger partial charge in [0.15, 0.2) is 4.32 Å². The smallest absolute Gasteiger partial charge is 0.270 e. The van der Waals surface area contributed by atoms with E-state index in [0.29, 0.717) is 32.0 Å². The van der Waals surface area contributed by atoms with E-state index in [0.717, 1.165) is 11.8 Å². The number of hydrogen-bond donors (Lipinski definition) is 0. The number of rotatable bonds is 4. The van der Waals surface area contributed by atoms with Gasteiger partial charge in [0.2, 0.25) is 0 Å². The fraction of sp³-hybridized carbons (Fsp3) is 0.111. The predicted octanol–water partition coefficient (Wildman–Crippen LogP) is 4.90.